The second-order valence-electron chi connectivity index (χ2n) is 7.25. The Balaban J connectivity index is 1.36. The van der Waals surface area contributed by atoms with Gasteiger partial charge >= 0.3 is 0 Å². The molecule has 4 heterocycles. The molecule has 10 nitrogen and oxygen atoms in total. The van der Waals surface area contributed by atoms with Crippen LogP contribution in [0.15, 0.2) is 41.3 Å². The van der Waals surface area contributed by atoms with E-state index in [2.05, 4.69) is 36.7 Å². The average Bonchev–Trinajstić information content (AvgIpc) is 3.42. The molecule has 1 atom stereocenters. The minimum Gasteiger partial charge on any atom is -0.322 e. The predicted octanol–water partition coefficient (Wildman–Crippen LogP) is 1.04. The molecule has 2 aliphatic heterocycles. The highest BCUT2D eigenvalue weighted by Crippen LogP contribution is 2.29. The SMILES string of the molecule is O=C1CCC(N2Cc3ccc(-n4cc(Cn5cc(Br)cn5)nn4)cc3C2=O)C(=O)N1. The van der Waals surface area contributed by atoms with Gasteiger partial charge in [0.15, 0.2) is 0 Å². The minimum absolute atomic E-state index is 0.219. The summed E-state index contributed by atoms with van der Waals surface area (Å²) < 4.78 is 4.23. The zero-order valence-electron chi connectivity index (χ0n) is 15.7. The molecule has 0 aliphatic carbocycles. The number of hydrogen-bond acceptors (Lipinski definition) is 6. The van der Waals surface area contributed by atoms with Gasteiger partial charge in [-0.15, -0.1) is 5.10 Å². The Hall–Kier alpha value is -3.34. The molecule has 2 aromatic heterocycles. The molecule has 30 heavy (non-hydrogen) atoms. The molecule has 0 bridgehead atoms. The number of carbonyl (C=O) groups is 3. The molecular formula is C19H16BrN7O3. The molecule has 3 amide bonds. The quantitative estimate of drug-likeness (QED) is 0.570. The summed E-state index contributed by atoms with van der Waals surface area (Å²) in [7, 11) is 0. The summed E-state index contributed by atoms with van der Waals surface area (Å²) in [5, 5.41) is 14.8. The lowest BCUT2D eigenvalue weighted by molar-refractivity contribution is -0.136. The first-order valence-corrected chi connectivity index (χ1v) is 10.1. The second-order valence-corrected chi connectivity index (χ2v) is 8.17. The Morgan fingerprint density at radius 3 is 2.83 bits per heavy atom. The number of carbonyl (C=O) groups excluding carboxylic acids is 3. The number of imide groups is 1. The maximum atomic E-state index is 13.0. The van der Waals surface area contributed by atoms with E-state index >= 15 is 0 Å². The Morgan fingerprint density at radius 1 is 1.20 bits per heavy atom. The molecule has 1 N–H and O–H groups in total. The van der Waals surface area contributed by atoms with Gasteiger partial charge in [-0.1, -0.05) is 11.3 Å². The number of nitrogens with one attached hydrogen (secondary N) is 1. The lowest BCUT2D eigenvalue weighted by Crippen LogP contribution is -2.52. The first kappa shape index (κ1) is 18.7. The van der Waals surface area contributed by atoms with Crippen LogP contribution < -0.4 is 5.32 Å². The van der Waals surface area contributed by atoms with Gasteiger partial charge in [-0.25, -0.2) is 4.68 Å². The molecule has 11 heteroatoms. The topological polar surface area (TPSA) is 115 Å². The van der Waals surface area contributed by atoms with Crippen molar-refractivity contribution in [3.8, 4) is 5.69 Å². The van der Waals surface area contributed by atoms with Crippen molar-refractivity contribution in [2.45, 2.75) is 32.0 Å². The van der Waals surface area contributed by atoms with Crippen LogP contribution in [-0.4, -0.2) is 53.4 Å². The number of fused-ring (bicyclic) bond motifs is 1. The first-order chi connectivity index (χ1) is 14.5. The summed E-state index contributed by atoms with van der Waals surface area (Å²) in [6.45, 7) is 0.816. The predicted molar refractivity (Wildman–Crippen MR) is 106 cm³/mol. The van der Waals surface area contributed by atoms with Crippen LogP contribution in [0.25, 0.3) is 5.69 Å². The number of piperidine rings is 1. The van der Waals surface area contributed by atoms with Crippen molar-refractivity contribution in [1.29, 1.82) is 0 Å². The van der Waals surface area contributed by atoms with Gasteiger partial charge in [-0.05, 0) is 40.0 Å². The van der Waals surface area contributed by atoms with E-state index in [0.717, 1.165) is 15.7 Å². The largest absolute Gasteiger partial charge is 0.322 e. The van der Waals surface area contributed by atoms with Gasteiger partial charge in [-0.3, -0.25) is 24.4 Å². The van der Waals surface area contributed by atoms with Crippen LogP contribution in [0.1, 0.15) is 34.5 Å². The van der Waals surface area contributed by atoms with Crippen LogP contribution in [0.2, 0.25) is 0 Å². The van der Waals surface area contributed by atoms with E-state index in [0.29, 0.717) is 30.8 Å². The van der Waals surface area contributed by atoms with Crippen LogP contribution in [0.5, 0.6) is 0 Å². The molecule has 0 saturated carbocycles. The van der Waals surface area contributed by atoms with Gasteiger partial charge < -0.3 is 4.90 Å². The van der Waals surface area contributed by atoms with E-state index in [1.807, 2.05) is 18.3 Å². The highest BCUT2D eigenvalue weighted by atomic mass is 79.9. The van der Waals surface area contributed by atoms with Gasteiger partial charge in [0.1, 0.15) is 11.7 Å². The maximum absolute atomic E-state index is 13.0. The van der Waals surface area contributed by atoms with Gasteiger partial charge in [0.05, 0.1) is 29.1 Å². The Kier molecular flexibility index (Phi) is 4.46. The summed E-state index contributed by atoms with van der Waals surface area (Å²) in [5.74, 6) is -0.936. The molecule has 1 aromatic carbocycles. The number of aromatic nitrogens is 5. The van der Waals surface area contributed by atoms with Crippen molar-refractivity contribution >= 4 is 33.7 Å². The van der Waals surface area contributed by atoms with Crippen molar-refractivity contribution in [2.75, 3.05) is 0 Å². The third-order valence-electron chi connectivity index (χ3n) is 5.24. The van der Waals surface area contributed by atoms with E-state index in [-0.39, 0.29) is 18.2 Å². The summed E-state index contributed by atoms with van der Waals surface area (Å²) in [6, 6.07) is 4.85. The van der Waals surface area contributed by atoms with E-state index in [9.17, 15) is 14.4 Å². The zero-order valence-corrected chi connectivity index (χ0v) is 17.2. The number of amides is 3. The standard InChI is InChI=1S/C19H16BrN7O3/c20-12-6-21-25(8-12)9-13-10-27(24-23-13)14-2-1-11-7-26(19(30)15(11)5-14)16-3-4-17(28)22-18(16)29/h1-2,5-6,8,10,16H,3-4,7,9H2,(H,22,28,29). The van der Waals surface area contributed by atoms with Crippen LogP contribution >= 0.6 is 15.9 Å². The third kappa shape index (κ3) is 3.30. The van der Waals surface area contributed by atoms with Gasteiger partial charge in [0, 0.05) is 24.7 Å². The number of benzene rings is 1. The summed E-state index contributed by atoms with van der Waals surface area (Å²) >= 11 is 3.36. The zero-order chi connectivity index (χ0) is 20.8. The number of hydrogen-bond donors (Lipinski definition) is 1. The van der Waals surface area contributed by atoms with Crippen molar-refractivity contribution in [2.24, 2.45) is 0 Å². The highest BCUT2D eigenvalue weighted by molar-refractivity contribution is 9.10. The lowest BCUT2D eigenvalue weighted by Gasteiger charge is -2.29. The molecule has 2 aliphatic rings. The Bertz CT molecular complexity index is 1180. The van der Waals surface area contributed by atoms with Gasteiger partial charge in [0.25, 0.3) is 5.91 Å². The van der Waals surface area contributed by atoms with Crippen molar-refractivity contribution in [3.63, 3.8) is 0 Å². The minimum atomic E-state index is -0.627. The van der Waals surface area contributed by atoms with Gasteiger partial charge in [0.2, 0.25) is 11.8 Å². The third-order valence-corrected chi connectivity index (χ3v) is 5.65. The number of halogens is 1. The van der Waals surface area contributed by atoms with E-state index in [1.54, 1.807) is 27.8 Å². The van der Waals surface area contributed by atoms with Crippen molar-refractivity contribution in [1.82, 2.24) is 35.0 Å². The highest BCUT2D eigenvalue weighted by Gasteiger charge is 2.39. The average molecular weight is 470 g/mol. The maximum Gasteiger partial charge on any atom is 0.255 e. The molecule has 1 unspecified atom stereocenters. The second kappa shape index (κ2) is 7.17. The molecule has 1 fully saturated rings. The molecule has 5 rings (SSSR count). The van der Waals surface area contributed by atoms with Crippen LogP contribution in [-0.2, 0) is 22.7 Å². The first-order valence-electron chi connectivity index (χ1n) is 9.35. The van der Waals surface area contributed by atoms with Crippen molar-refractivity contribution < 1.29 is 14.4 Å². The van der Waals surface area contributed by atoms with Gasteiger partial charge in [-0.2, -0.15) is 5.10 Å². The fourth-order valence-electron chi connectivity index (χ4n) is 3.77. The summed E-state index contributed by atoms with van der Waals surface area (Å²) in [4.78, 5) is 38.0. The normalized spacial score (nSPS) is 18.6. The monoisotopic (exact) mass is 469 g/mol. The fraction of sp³-hybridized carbons (Fsp3) is 0.263. The summed E-state index contributed by atoms with van der Waals surface area (Å²) in [5.41, 5.74) is 2.80. The molecule has 152 valence electrons. The fourth-order valence-corrected chi connectivity index (χ4v) is 4.10. The number of rotatable bonds is 4. The number of nitrogens with zero attached hydrogens (tertiary/aromatic N) is 6. The molecular weight excluding hydrogens is 454 g/mol. The Labute approximate surface area is 179 Å². The molecule has 1 saturated heterocycles. The Morgan fingerprint density at radius 2 is 2.07 bits per heavy atom. The molecule has 0 spiro atoms. The van der Waals surface area contributed by atoms with Crippen LogP contribution in [0.4, 0.5) is 0 Å². The molecule has 0 radical (unpaired) electrons. The lowest BCUT2D eigenvalue weighted by atomic mass is 10.0. The molecule has 3 aromatic rings. The van der Waals surface area contributed by atoms with Crippen molar-refractivity contribution in [3.05, 3.63) is 58.1 Å². The summed E-state index contributed by atoms with van der Waals surface area (Å²) in [6.07, 6.45) is 5.90. The van der Waals surface area contributed by atoms with Crippen LogP contribution in [0, 0.1) is 0 Å². The van der Waals surface area contributed by atoms with E-state index in [4.69, 9.17) is 0 Å². The van der Waals surface area contributed by atoms with E-state index < -0.39 is 11.9 Å². The van der Waals surface area contributed by atoms with E-state index in [1.165, 1.54) is 4.90 Å². The van der Waals surface area contributed by atoms with Crippen LogP contribution in [0.3, 0.4) is 0 Å². The smallest absolute Gasteiger partial charge is 0.255 e.